The van der Waals surface area contributed by atoms with Crippen molar-refractivity contribution in [3.63, 3.8) is 0 Å². The van der Waals surface area contributed by atoms with Crippen molar-refractivity contribution in [2.45, 2.75) is 44.6 Å². The molecule has 3 N–H and O–H groups in total. The molecule has 1 saturated carbocycles. The van der Waals surface area contributed by atoms with Gasteiger partial charge in [-0.2, -0.15) is 0 Å². The van der Waals surface area contributed by atoms with E-state index in [-0.39, 0.29) is 6.04 Å². The summed E-state index contributed by atoms with van der Waals surface area (Å²) in [5.41, 5.74) is 3.96. The molecule has 112 valence electrons. The van der Waals surface area contributed by atoms with Gasteiger partial charge in [-0.3, -0.25) is 11.3 Å². The third kappa shape index (κ3) is 3.44. The molecule has 4 heteroatoms. The highest BCUT2D eigenvalue weighted by molar-refractivity contribution is 5.46. The summed E-state index contributed by atoms with van der Waals surface area (Å²) in [5.74, 6) is 8.29. The molecular weight excluding hydrogens is 252 g/mol. The van der Waals surface area contributed by atoms with Gasteiger partial charge < -0.3 is 9.47 Å². The van der Waals surface area contributed by atoms with Crippen LogP contribution in [0, 0.1) is 5.92 Å². The minimum atomic E-state index is 0.0710. The van der Waals surface area contributed by atoms with Gasteiger partial charge in [0.15, 0.2) is 0 Å². The van der Waals surface area contributed by atoms with Crippen LogP contribution < -0.4 is 20.7 Å². The molecule has 0 heterocycles. The van der Waals surface area contributed by atoms with Gasteiger partial charge in [0.1, 0.15) is 11.5 Å². The van der Waals surface area contributed by atoms with Gasteiger partial charge >= 0.3 is 0 Å². The topological polar surface area (TPSA) is 56.5 Å². The maximum absolute atomic E-state index is 5.78. The quantitative estimate of drug-likeness (QED) is 0.594. The van der Waals surface area contributed by atoms with Gasteiger partial charge in [-0.25, -0.2) is 0 Å². The lowest BCUT2D eigenvalue weighted by Crippen LogP contribution is -2.29. The van der Waals surface area contributed by atoms with E-state index in [1.54, 1.807) is 14.2 Å². The molecule has 0 radical (unpaired) electrons. The van der Waals surface area contributed by atoms with E-state index in [1.807, 2.05) is 18.2 Å². The standard InChI is InChI=1S/C16H26N2O2/c1-19-14-8-5-9-15(20-2)16(14)13(18-17)11-10-12-6-3-4-7-12/h5,8-9,12-13,18H,3-4,6-7,10-11,17H2,1-2H3. The summed E-state index contributed by atoms with van der Waals surface area (Å²) >= 11 is 0. The Morgan fingerprint density at radius 2 is 1.80 bits per heavy atom. The van der Waals surface area contributed by atoms with Crippen molar-refractivity contribution in [3.05, 3.63) is 23.8 Å². The first-order valence-corrected chi connectivity index (χ1v) is 7.47. The molecule has 1 fully saturated rings. The van der Waals surface area contributed by atoms with E-state index in [9.17, 15) is 0 Å². The van der Waals surface area contributed by atoms with Crippen LogP contribution in [0.4, 0.5) is 0 Å². The molecule has 0 saturated heterocycles. The fourth-order valence-electron chi connectivity index (χ4n) is 3.24. The molecule has 1 aliphatic rings. The van der Waals surface area contributed by atoms with E-state index in [0.29, 0.717) is 0 Å². The summed E-state index contributed by atoms with van der Waals surface area (Å²) in [6, 6.07) is 5.92. The zero-order valence-electron chi connectivity index (χ0n) is 12.5. The monoisotopic (exact) mass is 278 g/mol. The van der Waals surface area contributed by atoms with E-state index in [2.05, 4.69) is 5.43 Å². The van der Waals surface area contributed by atoms with Gasteiger partial charge in [-0.05, 0) is 30.9 Å². The van der Waals surface area contributed by atoms with Gasteiger partial charge in [0.05, 0.1) is 25.8 Å². The average Bonchev–Trinajstić information content (AvgIpc) is 3.01. The molecule has 2 rings (SSSR count). The Hall–Kier alpha value is -1.26. The van der Waals surface area contributed by atoms with E-state index in [4.69, 9.17) is 15.3 Å². The molecule has 0 aliphatic heterocycles. The van der Waals surface area contributed by atoms with Crippen molar-refractivity contribution >= 4 is 0 Å². The maximum atomic E-state index is 5.78. The molecule has 0 amide bonds. The normalized spacial score (nSPS) is 17.1. The summed E-state index contributed by atoms with van der Waals surface area (Å²) in [7, 11) is 3.37. The minimum absolute atomic E-state index is 0.0710. The number of benzene rings is 1. The molecule has 0 bridgehead atoms. The van der Waals surface area contributed by atoms with Crippen LogP contribution in [0.1, 0.15) is 50.1 Å². The number of hydrogen-bond acceptors (Lipinski definition) is 4. The predicted octanol–water partition coefficient (Wildman–Crippen LogP) is 3.18. The van der Waals surface area contributed by atoms with Crippen molar-refractivity contribution in [1.29, 1.82) is 0 Å². The largest absolute Gasteiger partial charge is 0.496 e. The van der Waals surface area contributed by atoms with Crippen molar-refractivity contribution in [2.75, 3.05) is 14.2 Å². The lowest BCUT2D eigenvalue weighted by molar-refractivity contribution is 0.355. The van der Waals surface area contributed by atoms with Gasteiger partial charge in [-0.15, -0.1) is 0 Å². The highest BCUT2D eigenvalue weighted by Gasteiger charge is 2.22. The number of hydrogen-bond donors (Lipinski definition) is 2. The van der Waals surface area contributed by atoms with Crippen LogP contribution in [0.25, 0.3) is 0 Å². The number of hydrazine groups is 1. The van der Waals surface area contributed by atoms with Crippen LogP contribution in [0.2, 0.25) is 0 Å². The molecule has 1 atom stereocenters. The Morgan fingerprint density at radius 1 is 1.20 bits per heavy atom. The Morgan fingerprint density at radius 3 is 2.30 bits per heavy atom. The summed E-state index contributed by atoms with van der Waals surface area (Å²) < 4.78 is 10.9. The summed E-state index contributed by atoms with van der Waals surface area (Å²) in [5, 5.41) is 0. The van der Waals surface area contributed by atoms with Crippen LogP contribution in [0.3, 0.4) is 0 Å². The third-order valence-corrected chi connectivity index (χ3v) is 4.35. The second-order valence-electron chi connectivity index (χ2n) is 5.52. The SMILES string of the molecule is COc1cccc(OC)c1C(CCC1CCCC1)NN. The molecule has 0 aromatic heterocycles. The number of ether oxygens (including phenoxy) is 2. The van der Waals surface area contributed by atoms with E-state index in [1.165, 1.54) is 32.1 Å². The Bertz CT molecular complexity index is 395. The lowest BCUT2D eigenvalue weighted by Gasteiger charge is -2.22. The van der Waals surface area contributed by atoms with Crippen molar-refractivity contribution < 1.29 is 9.47 Å². The fraction of sp³-hybridized carbons (Fsp3) is 0.625. The highest BCUT2D eigenvalue weighted by Crippen LogP contribution is 2.38. The first-order valence-electron chi connectivity index (χ1n) is 7.47. The predicted molar refractivity (Wildman–Crippen MR) is 80.8 cm³/mol. The summed E-state index contributed by atoms with van der Waals surface area (Å²) in [4.78, 5) is 0. The van der Waals surface area contributed by atoms with E-state index < -0.39 is 0 Å². The van der Waals surface area contributed by atoms with Crippen molar-refractivity contribution in [2.24, 2.45) is 11.8 Å². The first-order chi connectivity index (χ1) is 9.80. The molecular formula is C16H26N2O2. The number of methoxy groups -OCH3 is 2. The van der Waals surface area contributed by atoms with Crippen LogP contribution in [0.15, 0.2) is 18.2 Å². The van der Waals surface area contributed by atoms with Gasteiger partial charge in [0.25, 0.3) is 0 Å². The highest BCUT2D eigenvalue weighted by atomic mass is 16.5. The van der Waals surface area contributed by atoms with Crippen LogP contribution in [-0.4, -0.2) is 14.2 Å². The maximum Gasteiger partial charge on any atom is 0.127 e. The van der Waals surface area contributed by atoms with Crippen LogP contribution in [-0.2, 0) is 0 Å². The zero-order chi connectivity index (χ0) is 14.4. The third-order valence-electron chi connectivity index (χ3n) is 4.35. The van der Waals surface area contributed by atoms with Gasteiger partial charge in [-0.1, -0.05) is 31.7 Å². The molecule has 0 spiro atoms. The summed E-state index contributed by atoms with van der Waals surface area (Å²) in [6.45, 7) is 0. The van der Waals surface area contributed by atoms with Gasteiger partial charge in [0, 0.05) is 0 Å². The molecule has 1 unspecified atom stereocenters. The van der Waals surface area contributed by atoms with Crippen molar-refractivity contribution in [3.8, 4) is 11.5 Å². The second kappa shape index (κ2) is 7.50. The van der Waals surface area contributed by atoms with Crippen LogP contribution in [0.5, 0.6) is 11.5 Å². The number of rotatable bonds is 7. The zero-order valence-corrected chi connectivity index (χ0v) is 12.5. The van der Waals surface area contributed by atoms with E-state index in [0.717, 1.165) is 29.4 Å². The number of nitrogens with two attached hydrogens (primary N) is 1. The molecule has 1 aliphatic carbocycles. The fourth-order valence-corrected chi connectivity index (χ4v) is 3.24. The lowest BCUT2D eigenvalue weighted by atomic mass is 9.94. The summed E-state index contributed by atoms with van der Waals surface area (Å²) in [6.07, 6.45) is 7.70. The minimum Gasteiger partial charge on any atom is -0.496 e. The van der Waals surface area contributed by atoms with Gasteiger partial charge in [0.2, 0.25) is 0 Å². The molecule has 1 aromatic rings. The Labute approximate surface area is 121 Å². The molecule has 1 aromatic carbocycles. The Balaban J connectivity index is 2.12. The number of nitrogens with one attached hydrogen (secondary N) is 1. The Kier molecular flexibility index (Phi) is 5.68. The second-order valence-corrected chi connectivity index (χ2v) is 5.52. The van der Waals surface area contributed by atoms with Crippen LogP contribution >= 0.6 is 0 Å². The average molecular weight is 278 g/mol. The van der Waals surface area contributed by atoms with E-state index >= 15 is 0 Å². The molecule has 4 nitrogen and oxygen atoms in total. The molecule has 20 heavy (non-hydrogen) atoms. The van der Waals surface area contributed by atoms with Crippen molar-refractivity contribution in [1.82, 2.24) is 5.43 Å². The first kappa shape index (κ1) is 15.1. The smallest absolute Gasteiger partial charge is 0.127 e.